The molecule has 0 radical (unpaired) electrons. The van der Waals surface area contributed by atoms with E-state index in [1.54, 1.807) is 18.2 Å². The molecule has 3 aromatic rings. The van der Waals surface area contributed by atoms with Crippen LogP contribution in [-0.2, 0) is 42.8 Å². The molecule has 1 saturated carbocycles. The number of amides is 2. The Morgan fingerprint density at radius 3 is 2.52 bits per heavy atom. The molecule has 232 valence electrons. The first-order chi connectivity index (χ1) is 20.9. The van der Waals surface area contributed by atoms with Gasteiger partial charge in [-0.2, -0.15) is 0 Å². The molecule has 0 bridgehead atoms. The topological polar surface area (TPSA) is 141 Å². The Hall–Kier alpha value is -4.48. The standard InChI is InChI=1S/C32H34FN3O8/c1-16-26(44-30(40)43-16)32(29(39)42-5)14-18(15-32)28(38)36-11-9-22-20(6-7-23(35-22)41-4)25(36)27(37)34-19-12-17-8-10-31(2,3)24(17)21(33)13-19/h6-7,12-13,18,25H,8-11,14-15H2,1-5H3,(H,34,37)/t18-,25-,32+/m1/s1. The summed E-state index contributed by atoms with van der Waals surface area (Å²) in [5, 5.41) is 2.85. The highest BCUT2D eigenvalue weighted by molar-refractivity contribution is 5.99. The Morgan fingerprint density at radius 1 is 1.11 bits per heavy atom. The van der Waals surface area contributed by atoms with Gasteiger partial charge in [-0.3, -0.25) is 14.4 Å². The second-order valence-corrected chi connectivity index (χ2v) is 12.5. The van der Waals surface area contributed by atoms with Crippen molar-refractivity contribution in [1.82, 2.24) is 9.88 Å². The number of halogens is 1. The van der Waals surface area contributed by atoms with Crippen LogP contribution in [0.15, 0.2) is 37.9 Å². The number of benzene rings is 1. The Bertz CT molecular complexity index is 1740. The van der Waals surface area contributed by atoms with Crippen LogP contribution in [0.25, 0.3) is 0 Å². The number of pyridine rings is 1. The normalized spacial score (nSPS) is 23.3. The number of aromatic nitrogens is 1. The van der Waals surface area contributed by atoms with Gasteiger partial charge in [-0.1, -0.05) is 13.8 Å². The lowest BCUT2D eigenvalue weighted by molar-refractivity contribution is -0.161. The smallest absolute Gasteiger partial charge is 0.481 e. The van der Waals surface area contributed by atoms with Gasteiger partial charge >= 0.3 is 11.8 Å². The molecule has 1 fully saturated rings. The fourth-order valence-corrected chi connectivity index (χ4v) is 7.18. The average Bonchev–Trinajstić information content (AvgIpc) is 3.47. The Labute approximate surface area is 252 Å². The summed E-state index contributed by atoms with van der Waals surface area (Å²) in [5.41, 5.74) is 1.31. The molecule has 0 unspecified atom stereocenters. The lowest BCUT2D eigenvalue weighted by Crippen LogP contribution is -2.56. The van der Waals surface area contributed by atoms with Crippen molar-refractivity contribution in [3.63, 3.8) is 0 Å². The number of hydrogen-bond acceptors (Lipinski definition) is 9. The van der Waals surface area contributed by atoms with Crippen LogP contribution in [0.1, 0.15) is 73.1 Å². The van der Waals surface area contributed by atoms with Crippen molar-refractivity contribution in [2.24, 2.45) is 5.92 Å². The van der Waals surface area contributed by atoms with Gasteiger partial charge in [-0.05, 0) is 67.3 Å². The SMILES string of the molecule is COc1ccc2c(n1)CCN(C(=O)[C@H]1C[C@](C(=O)OC)(c3oc(=O)oc3C)C1)[C@H]2C(=O)Nc1cc(F)c2c(c1)CCC2(C)C. The lowest BCUT2D eigenvalue weighted by atomic mass is 9.59. The molecule has 11 nitrogen and oxygen atoms in total. The van der Waals surface area contributed by atoms with Gasteiger partial charge in [0.15, 0.2) is 5.76 Å². The van der Waals surface area contributed by atoms with Crippen LogP contribution < -0.4 is 15.9 Å². The van der Waals surface area contributed by atoms with Crippen molar-refractivity contribution >= 4 is 23.5 Å². The molecule has 0 spiro atoms. The van der Waals surface area contributed by atoms with Crippen molar-refractivity contribution in [3.05, 3.63) is 74.6 Å². The minimum Gasteiger partial charge on any atom is -0.481 e. The summed E-state index contributed by atoms with van der Waals surface area (Å²) in [4.78, 5) is 58.7. The van der Waals surface area contributed by atoms with Crippen molar-refractivity contribution in [2.45, 2.75) is 69.7 Å². The summed E-state index contributed by atoms with van der Waals surface area (Å²) < 4.78 is 35.7. The van der Waals surface area contributed by atoms with Gasteiger partial charge in [0.25, 0.3) is 5.91 Å². The summed E-state index contributed by atoms with van der Waals surface area (Å²) in [5.74, 6) is -2.95. The third-order valence-corrected chi connectivity index (χ3v) is 9.35. The first-order valence-corrected chi connectivity index (χ1v) is 14.6. The largest absolute Gasteiger partial charge is 0.519 e. The number of anilines is 1. The number of fused-ring (bicyclic) bond motifs is 2. The van der Waals surface area contributed by atoms with Crippen LogP contribution in [0, 0.1) is 18.7 Å². The van der Waals surface area contributed by atoms with Crippen molar-refractivity contribution in [1.29, 1.82) is 0 Å². The number of ether oxygens (including phenoxy) is 2. The van der Waals surface area contributed by atoms with E-state index in [0.29, 0.717) is 41.2 Å². The zero-order valence-corrected chi connectivity index (χ0v) is 25.2. The van der Waals surface area contributed by atoms with Crippen molar-refractivity contribution < 1.29 is 37.1 Å². The number of hydrogen-bond donors (Lipinski definition) is 1. The fourth-order valence-electron chi connectivity index (χ4n) is 7.18. The van der Waals surface area contributed by atoms with Gasteiger partial charge in [-0.15, -0.1) is 0 Å². The van der Waals surface area contributed by atoms with Gasteiger partial charge in [0.05, 0.1) is 19.9 Å². The second kappa shape index (κ2) is 10.6. The van der Waals surface area contributed by atoms with E-state index in [0.717, 1.165) is 12.0 Å². The molecule has 2 amide bonds. The number of carbonyl (C=O) groups is 3. The predicted molar refractivity (Wildman–Crippen MR) is 154 cm³/mol. The molecule has 12 heteroatoms. The molecule has 1 atom stereocenters. The quantitative estimate of drug-likeness (QED) is 0.413. The monoisotopic (exact) mass is 607 g/mol. The van der Waals surface area contributed by atoms with E-state index in [2.05, 4.69) is 10.3 Å². The first-order valence-electron chi connectivity index (χ1n) is 14.6. The van der Waals surface area contributed by atoms with Gasteiger partial charge in [0.2, 0.25) is 11.8 Å². The highest BCUT2D eigenvalue weighted by Crippen LogP contribution is 2.51. The third-order valence-electron chi connectivity index (χ3n) is 9.35. The van der Waals surface area contributed by atoms with E-state index in [4.69, 9.17) is 18.3 Å². The van der Waals surface area contributed by atoms with Crippen molar-refractivity contribution in [2.75, 3.05) is 26.1 Å². The zero-order chi connectivity index (χ0) is 31.6. The van der Waals surface area contributed by atoms with E-state index < -0.39 is 35.1 Å². The van der Waals surface area contributed by atoms with E-state index in [1.165, 1.54) is 32.1 Å². The molecule has 1 aromatic carbocycles. The minimum atomic E-state index is -1.36. The van der Waals surface area contributed by atoms with Gasteiger partial charge in [-0.25, -0.2) is 14.2 Å². The maximum Gasteiger partial charge on any atom is 0.519 e. The fraction of sp³-hybridized carbons (Fsp3) is 0.469. The van der Waals surface area contributed by atoms with Gasteiger partial charge in [0, 0.05) is 36.2 Å². The molecule has 0 saturated heterocycles. The minimum absolute atomic E-state index is 0.00615. The highest BCUT2D eigenvalue weighted by atomic mass is 19.1. The van der Waals surface area contributed by atoms with Crippen LogP contribution >= 0.6 is 0 Å². The average molecular weight is 608 g/mol. The number of nitrogens with one attached hydrogen (secondary N) is 1. The number of rotatable bonds is 6. The van der Waals surface area contributed by atoms with E-state index >= 15 is 4.39 Å². The van der Waals surface area contributed by atoms with Crippen molar-refractivity contribution in [3.8, 4) is 5.88 Å². The van der Waals surface area contributed by atoms with Crippen LogP contribution in [0.3, 0.4) is 0 Å². The zero-order valence-electron chi connectivity index (χ0n) is 25.2. The summed E-state index contributed by atoms with van der Waals surface area (Å²) in [7, 11) is 2.72. The number of carbonyl (C=O) groups excluding carboxylic acids is 3. The Balaban J connectivity index is 1.31. The molecular weight excluding hydrogens is 573 g/mol. The summed E-state index contributed by atoms with van der Waals surface area (Å²) >= 11 is 0. The number of esters is 1. The van der Waals surface area contributed by atoms with E-state index in [9.17, 15) is 19.2 Å². The van der Waals surface area contributed by atoms with Crippen LogP contribution in [0.4, 0.5) is 10.1 Å². The Kier molecular flexibility index (Phi) is 7.13. The van der Waals surface area contributed by atoms with Crippen LogP contribution in [0.2, 0.25) is 0 Å². The molecular formula is C32H34FN3O8. The molecule has 6 rings (SSSR count). The van der Waals surface area contributed by atoms with Crippen LogP contribution in [0.5, 0.6) is 5.88 Å². The number of nitrogens with zero attached hydrogens (tertiary/aromatic N) is 2. The maximum absolute atomic E-state index is 15.3. The molecule has 1 N–H and O–H groups in total. The highest BCUT2D eigenvalue weighted by Gasteiger charge is 2.59. The summed E-state index contributed by atoms with van der Waals surface area (Å²) in [6, 6.07) is 5.38. The summed E-state index contributed by atoms with van der Waals surface area (Å²) in [6.07, 6.45) is 1.88. The molecule has 1 aliphatic heterocycles. The third kappa shape index (κ3) is 4.67. The molecule has 44 heavy (non-hydrogen) atoms. The molecule has 3 aliphatic rings. The van der Waals surface area contributed by atoms with Gasteiger partial charge in [0.1, 0.15) is 23.0 Å². The van der Waals surface area contributed by atoms with E-state index in [-0.39, 0.29) is 48.0 Å². The van der Waals surface area contributed by atoms with Gasteiger partial charge < -0.3 is 28.5 Å². The molecule has 3 heterocycles. The van der Waals surface area contributed by atoms with Crippen LogP contribution in [-0.4, -0.2) is 48.4 Å². The van der Waals surface area contributed by atoms with E-state index in [1.807, 2.05) is 13.8 Å². The maximum atomic E-state index is 15.3. The Morgan fingerprint density at radius 2 is 1.86 bits per heavy atom. The lowest BCUT2D eigenvalue weighted by Gasteiger charge is -2.46. The number of methoxy groups -OCH3 is 2. The first kappa shape index (κ1) is 29.6. The predicted octanol–water partition coefficient (Wildman–Crippen LogP) is 3.89. The summed E-state index contributed by atoms with van der Waals surface area (Å²) in [6.45, 7) is 5.69. The second-order valence-electron chi connectivity index (χ2n) is 12.5. The number of aryl methyl sites for hydroxylation is 2. The molecule has 2 aromatic heterocycles. The molecule has 2 aliphatic carbocycles.